The largest absolute Gasteiger partial charge is 0.381 e. The summed E-state index contributed by atoms with van der Waals surface area (Å²) < 4.78 is 0. The molecule has 1 N–H and O–H groups in total. The standard InChI is InChI=1S/C33H50N2S/c1-20(2)26-14-11-15-27(21(3)4)32(26)34-24(9)30-18-13-19-31(36-30)25(10)35-33-28(22(5)6)16-12-17-29(33)23(7)8/h11-12,14-17,20-24,30-31,34H,13,18-19H2,1-10H3. The van der Waals surface area contributed by atoms with Crippen molar-refractivity contribution in [3.05, 3.63) is 58.7 Å². The van der Waals surface area contributed by atoms with Gasteiger partial charge in [-0.05, 0) is 72.6 Å². The molecule has 0 saturated carbocycles. The van der Waals surface area contributed by atoms with Gasteiger partial charge in [0.05, 0.1) is 5.69 Å². The molecule has 2 aromatic rings. The second-order valence-electron chi connectivity index (χ2n) is 12.0. The van der Waals surface area contributed by atoms with Crippen molar-refractivity contribution in [3.8, 4) is 0 Å². The van der Waals surface area contributed by atoms with E-state index in [9.17, 15) is 0 Å². The van der Waals surface area contributed by atoms with E-state index in [4.69, 9.17) is 4.99 Å². The lowest BCUT2D eigenvalue weighted by atomic mass is 9.92. The number of thioether (sulfide) groups is 1. The minimum atomic E-state index is 0.414. The Bertz CT molecular complexity index is 981. The first-order chi connectivity index (χ1) is 17.0. The number of anilines is 1. The molecule has 3 heteroatoms. The first kappa shape index (κ1) is 28.8. The summed E-state index contributed by atoms with van der Waals surface area (Å²) >= 11 is 2.15. The van der Waals surface area contributed by atoms with Gasteiger partial charge in [-0.3, -0.25) is 4.99 Å². The van der Waals surface area contributed by atoms with Crippen LogP contribution in [0.1, 0.15) is 134 Å². The van der Waals surface area contributed by atoms with Crippen LogP contribution in [0.5, 0.6) is 0 Å². The van der Waals surface area contributed by atoms with Gasteiger partial charge in [0, 0.05) is 27.9 Å². The number of hydrogen-bond donors (Lipinski definition) is 1. The molecule has 0 spiro atoms. The zero-order valence-electron chi connectivity index (χ0n) is 24.5. The molecule has 3 rings (SSSR count). The Morgan fingerprint density at radius 1 is 0.750 bits per heavy atom. The Labute approximate surface area is 226 Å². The summed E-state index contributed by atoms with van der Waals surface area (Å²) in [5.41, 5.74) is 9.51. The van der Waals surface area contributed by atoms with Crippen LogP contribution in [0.3, 0.4) is 0 Å². The van der Waals surface area contributed by atoms with Gasteiger partial charge in [-0.15, -0.1) is 11.8 Å². The van der Waals surface area contributed by atoms with Crippen LogP contribution in [-0.4, -0.2) is 22.3 Å². The lowest BCUT2D eigenvalue weighted by Gasteiger charge is -2.35. The molecule has 1 fully saturated rings. The molecule has 0 radical (unpaired) electrons. The van der Waals surface area contributed by atoms with E-state index < -0.39 is 0 Å². The highest BCUT2D eigenvalue weighted by molar-refractivity contribution is 8.01. The van der Waals surface area contributed by atoms with Crippen LogP contribution in [0.25, 0.3) is 0 Å². The molecule has 3 atom stereocenters. The molecule has 1 aliphatic rings. The van der Waals surface area contributed by atoms with E-state index in [1.54, 1.807) is 0 Å². The molecule has 2 nitrogen and oxygen atoms in total. The smallest absolute Gasteiger partial charge is 0.0698 e. The first-order valence-electron chi connectivity index (χ1n) is 14.2. The topological polar surface area (TPSA) is 24.4 Å². The molecule has 1 heterocycles. The minimum Gasteiger partial charge on any atom is -0.381 e. The average molecular weight is 507 g/mol. The number of rotatable bonds is 9. The van der Waals surface area contributed by atoms with Crippen LogP contribution in [-0.2, 0) is 0 Å². The zero-order chi connectivity index (χ0) is 26.6. The van der Waals surface area contributed by atoms with E-state index in [0.29, 0.717) is 40.2 Å². The lowest BCUT2D eigenvalue weighted by molar-refractivity contribution is 0.598. The molecule has 0 aromatic heterocycles. The molecular weight excluding hydrogens is 456 g/mol. The summed E-state index contributed by atoms with van der Waals surface area (Å²) in [6.07, 6.45) is 3.76. The van der Waals surface area contributed by atoms with Gasteiger partial charge in [-0.25, -0.2) is 0 Å². The van der Waals surface area contributed by atoms with Crippen LogP contribution in [0.4, 0.5) is 11.4 Å². The van der Waals surface area contributed by atoms with Crippen LogP contribution < -0.4 is 5.32 Å². The monoisotopic (exact) mass is 506 g/mol. The minimum absolute atomic E-state index is 0.414. The van der Waals surface area contributed by atoms with E-state index in [-0.39, 0.29) is 0 Å². The summed E-state index contributed by atoms with van der Waals surface area (Å²) in [6, 6.07) is 14.0. The number of nitrogens with zero attached hydrogens (tertiary/aromatic N) is 1. The van der Waals surface area contributed by atoms with Crippen LogP contribution in [0.15, 0.2) is 41.4 Å². The van der Waals surface area contributed by atoms with Gasteiger partial charge < -0.3 is 5.32 Å². The van der Waals surface area contributed by atoms with Gasteiger partial charge >= 0.3 is 0 Å². The first-order valence-corrected chi connectivity index (χ1v) is 15.2. The second-order valence-corrected chi connectivity index (χ2v) is 13.4. The molecule has 198 valence electrons. The number of aliphatic imine (C=N–C) groups is 1. The van der Waals surface area contributed by atoms with Gasteiger partial charge in [-0.2, -0.15) is 0 Å². The third-order valence-corrected chi connectivity index (χ3v) is 9.59. The van der Waals surface area contributed by atoms with Crippen LogP contribution >= 0.6 is 11.8 Å². The van der Waals surface area contributed by atoms with E-state index in [1.807, 2.05) is 0 Å². The number of para-hydroxylation sites is 2. The summed E-state index contributed by atoms with van der Waals surface area (Å²) in [6.45, 7) is 23.0. The van der Waals surface area contributed by atoms with Crippen molar-refractivity contribution in [2.24, 2.45) is 4.99 Å². The Balaban J connectivity index is 1.84. The maximum atomic E-state index is 5.35. The number of benzene rings is 2. The van der Waals surface area contributed by atoms with Crippen molar-refractivity contribution >= 4 is 28.8 Å². The van der Waals surface area contributed by atoms with Crippen molar-refractivity contribution in [2.45, 2.75) is 129 Å². The predicted octanol–water partition coefficient (Wildman–Crippen LogP) is 10.4. The number of nitrogens with one attached hydrogen (secondary N) is 1. The predicted molar refractivity (Wildman–Crippen MR) is 164 cm³/mol. The van der Waals surface area contributed by atoms with E-state index in [2.05, 4.69) is 123 Å². The lowest BCUT2D eigenvalue weighted by Crippen LogP contribution is -2.35. The average Bonchev–Trinajstić information content (AvgIpc) is 2.83. The Kier molecular flexibility index (Phi) is 10.1. The third-order valence-electron chi connectivity index (χ3n) is 7.69. The fraction of sp³-hybridized carbons (Fsp3) is 0.606. The van der Waals surface area contributed by atoms with Gasteiger partial charge in [-0.1, -0.05) is 98.2 Å². The van der Waals surface area contributed by atoms with Crippen molar-refractivity contribution in [1.82, 2.24) is 0 Å². The van der Waals surface area contributed by atoms with Crippen LogP contribution in [0, 0.1) is 0 Å². The van der Waals surface area contributed by atoms with Gasteiger partial charge in [0.2, 0.25) is 0 Å². The summed E-state index contributed by atoms with van der Waals surface area (Å²) in [7, 11) is 0. The number of hydrogen-bond acceptors (Lipinski definition) is 3. The SMILES string of the molecule is CC(=Nc1c(C(C)C)cccc1C(C)C)C1CCCC(C(C)Nc2c(C(C)C)cccc2C(C)C)S1. The molecule has 1 aliphatic heterocycles. The van der Waals surface area contributed by atoms with E-state index in [1.165, 1.54) is 58.6 Å². The fourth-order valence-electron chi connectivity index (χ4n) is 5.45. The molecular formula is C33H50N2S. The summed E-state index contributed by atoms with van der Waals surface area (Å²) in [5, 5.41) is 5.07. The Morgan fingerprint density at radius 3 is 1.69 bits per heavy atom. The highest BCUT2D eigenvalue weighted by Gasteiger charge is 2.29. The van der Waals surface area contributed by atoms with E-state index >= 15 is 0 Å². The molecule has 3 unspecified atom stereocenters. The van der Waals surface area contributed by atoms with Crippen molar-refractivity contribution in [1.29, 1.82) is 0 Å². The molecule has 2 aromatic carbocycles. The van der Waals surface area contributed by atoms with Crippen molar-refractivity contribution in [3.63, 3.8) is 0 Å². The highest BCUT2D eigenvalue weighted by atomic mass is 32.2. The Hall–Kier alpha value is -1.74. The van der Waals surface area contributed by atoms with Gasteiger partial charge in [0.25, 0.3) is 0 Å². The third kappa shape index (κ3) is 6.77. The maximum Gasteiger partial charge on any atom is 0.0698 e. The van der Waals surface area contributed by atoms with Gasteiger partial charge in [0.15, 0.2) is 0 Å². The maximum absolute atomic E-state index is 5.35. The quantitative estimate of drug-likeness (QED) is 0.342. The highest BCUT2D eigenvalue weighted by Crippen LogP contribution is 2.40. The molecule has 0 amide bonds. The Morgan fingerprint density at radius 2 is 1.22 bits per heavy atom. The molecule has 0 bridgehead atoms. The molecule has 36 heavy (non-hydrogen) atoms. The van der Waals surface area contributed by atoms with Crippen molar-refractivity contribution < 1.29 is 0 Å². The summed E-state index contributed by atoms with van der Waals surface area (Å²) in [5.74, 6) is 1.97. The molecule has 1 saturated heterocycles. The normalized spacial score (nSPS) is 20.0. The molecule has 0 aliphatic carbocycles. The van der Waals surface area contributed by atoms with Crippen molar-refractivity contribution in [2.75, 3.05) is 5.32 Å². The fourth-order valence-corrected chi connectivity index (χ4v) is 7.04. The summed E-state index contributed by atoms with van der Waals surface area (Å²) in [4.78, 5) is 5.35. The van der Waals surface area contributed by atoms with Gasteiger partial charge in [0.1, 0.15) is 0 Å². The van der Waals surface area contributed by atoms with E-state index in [0.717, 1.165) is 0 Å². The second kappa shape index (κ2) is 12.7. The van der Waals surface area contributed by atoms with Crippen LogP contribution in [0.2, 0.25) is 0 Å². The zero-order valence-corrected chi connectivity index (χ0v) is 25.3.